The number of nitrogens with zero attached hydrogens (tertiary/aromatic N) is 3. The Kier molecular flexibility index (Phi) is 5.52. The van der Waals surface area contributed by atoms with E-state index in [1.54, 1.807) is 17.2 Å². The standard InChI is InChI=1S/C17H25N3O2/c1-4-19(5-2)16(21)14-10-15(12-18-11-14)17(22)20-8-6-13(3)7-9-20/h10-13H,4-9H2,1-3H3. The van der Waals surface area contributed by atoms with Gasteiger partial charge in [-0.25, -0.2) is 0 Å². The Bertz CT molecular complexity index is 532. The van der Waals surface area contributed by atoms with Crippen molar-refractivity contribution in [3.63, 3.8) is 0 Å². The second-order valence-electron chi connectivity index (χ2n) is 5.91. The van der Waals surface area contributed by atoms with Crippen molar-refractivity contribution in [2.24, 2.45) is 5.92 Å². The quantitative estimate of drug-likeness (QED) is 0.858. The molecule has 1 aromatic heterocycles. The number of pyridine rings is 1. The normalized spacial score (nSPS) is 15.7. The lowest BCUT2D eigenvalue weighted by atomic mass is 9.98. The van der Waals surface area contributed by atoms with Crippen molar-refractivity contribution in [3.8, 4) is 0 Å². The first kappa shape index (κ1) is 16.5. The van der Waals surface area contributed by atoms with E-state index in [1.165, 1.54) is 6.20 Å². The summed E-state index contributed by atoms with van der Waals surface area (Å²) in [6, 6.07) is 1.67. The maximum Gasteiger partial charge on any atom is 0.255 e. The summed E-state index contributed by atoms with van der Waals surface area (Å²) in [6.45, 7) is 8.97. The minimum absolute atomic E-state index is 0.0198. The topological polar surface area (TPSA) is 53.5 Å². The van der Waals surface area contributed by atoms with Gasteiger partial charge in [-0.15, -0.1) is 0 Å². The molecule has 120 valence electrons. The van der Waals surface area contributed by atoms with Crippen LogP contribution in [-0.4, -0.2) is 52.8 Å². The fourth-order valence-corrected chi connectivity index (χ4v) is 2.76. The molecule has 1 aliphatic heterocycles. The lowest BCUT2D eigenvalue weighted by Crippen LogP contribution is -2.38. The molecule has 5 nitrogen and oxygen atoms in total. The largest absolute Gasteiger partial charge is 0.339 e. The van der Waals surface area contributed by atoms with Crippen molar-refractivity contribution < 1.29 is 9.59 Å². The van der Waals surface area contributed by atoms with Gasteiger partial charge in [0.15, 0.2) is 0 Å². The summed E-state index contributed by atoms with van der Waals surface area (Å²) in [7, 11) is 0. The molecule has 1 fully saturated rings. The molecular weight excluding hydrogens is 278 g/mol. The first-order chi connectivity index (χ1) is 10.6. The zero-order valence-corrected chi connectivity index (χ0v) is 13.7. The zero-order valence-electron chi connectivity index (χ0n) is 13.7. The summed E-state index contributed by atoms with van der Waals surface area (Å²) in [5.41, 5.74) is 0.993. The Labute approximate surface area is 132 Å². The van der Waals surface area contributed by atoms with Crippen LogP contribution in [0.1, 0.15) is 54.3 Å². The average Bonchev–Trinajstić information content (AvgIpc) is 2.56. The number of aromatic nitrogens is 1. The maximum absolute atomic E-state index is 12.6. The summed E-state index contributed by atoms with van der Waals surface area (Å²) < 4.78 is 0. The molecular formula is C17H25N3O2. The van der Waals surface area contributed by atoms with Gasteiger partial charge in [-0.2, -0.15) is 0 Å². The third-order valence-electron chi connectivity index (χ3n) is 4.35. The molecule has 0 spiro atoms. The lowest BCUT2D eigenvalue weighted by molar-refractivity contribution is 0.0696. The number of hydrogen-bond acceptors (Lipinski definition) is 3. The molecule has 2 heterocycles. The second kappa shape index (κ2) is 7.38. The van der Waals surface area contributed by atoms with Gasteiger partial charge < -0.3 is 9.80 Å². The Hall–Kier alpha value is -1.91. The Balaban J connectivity index is 2.14. The predicted octanol–water partition coefficient (Wildman–Crippen LogP) is 2.44. The van der Waals surface area contributed by atoms with Gasteiger partial charge in [0.25, 0.3) is 11.8 Å². The third kappa shape index (κ3) is 3.64. The molecule has 0 N–H and O–H groups in total. The number of piperidine rings is 1. The highest BCUT2D eigenvalue weighted by Gasteiger charge is 2.23. The van der Waals surface area contributed by atoms with Crippen molar-refractivity contribution in [2.75, 3.05) is 26.2 Å². The van der Waals surface area contributed by atoms with Gasteiger partial charge in [0.2, 0.25) is 0 Å². The van der Waals surface area contributed by atoms with Crippen LogP contribution in [0.3, 0.4) is 0 Å². The summed E-state index contributed by atoms with van der Waals surface area (Å²) in [6.07, 6.45) is 5.17. The molecule has 0 bridgehead atoms. The van der Waals surface area contributed by atoms with Crippen molar-refractivity contribution in [2.45, 2.75) is 33.6 Å². The summed E-state index contributed by atoms with van der Waals surface area (Å²) in [4.78, 5) is 32.6. The molecule has 0 aliphatic carbocycles. The van der Waals surface area contributed by atoms with Gasteiger partial charge in [0.1, 0.15) is 0 Å². The number of likely N-dealkylation sites (tertiary alicyclic amines) is 1. The summed E-state index contributed by atoms with van der Waals surface area (Å²) in [5, 5.41) is 0. The molecule has 1 saturated heterocycles. The zero-order chi connectivity index (χ0) is 16.1. The van der Waals surface area contributed by atoms with Gasteiger partial charge in [0.05, 0.1) is 11.1 Å². The van der Waals surface area contributed by atoms with E-state index < -0.39 is 0 Å². The van der Waals surface area contributed by atoms with E-state index in [9.17, 15) is 9.59 Å². The molecule has 22 heavy (non-hydrogen) atoms. The van der Waals surface area contributed by atoms with Crippen LogP contribution in [0.25, 0.3) is 0 Å². The monoisotopic (exact) mass is 303 g/mol. The number of rotatable bonds is 4. The third-order valence-corrected chi connectivity index (χ3v) is 4.35. The van der Waals surface area contributed by atoms with Gasteiger partial charge >= 0.3 is 0 Å². The van der Waals surface area contributed by atoms with Gasteiger partial charge in [-0.3, -0.25) is 14.6 Å². The summed E-state index contributed by atoms with van der Waals surface area (Å²) in [5.74, 6) is 0.589. The molecule has 0 aromatic carbocycles. The fraction of sp³-hybridized carbons (Fsp3) is 0.588. The van der Waals surface area contributed by atoms with E-state index in [2.05, 4.69) is 11.9 Å². The van der Waals surface area contributed by atoms with E-state index in [0.29, 0.717) is 30.1 Å². The van der Waals surface area contributed by atoms with Crippen LogP contribution in [0, 0.1) is 5.92 Å². The highest BCUT2D eigenvalue weighted by Crippen LogP contribution is 2.18. The Morgan fingerprint density at radius 3 is 2.36 bits per heavy atom. The van der Waals surface area contributed by atoms with Crippen LogP contribution in [0.2, 0.25) is 0 Å². The number of amides is 2. The van der Waals surface area contributed by atoms with Crippen LogP contribution >= 0.6 is 0 Å². The Morgan fingerprint density at radius 2 is 1.77 bits per heavy atom. The van der Waals surface area contributed by atoms with Crippen LogP contribution in [-0.2, 0) is 0 Å². The summed E-state index contributed by atoms with van der Waals surface area (Å²) >= 11 is 0. The Morgan fingerprint density at radius 1 is 1.18 bits per heavy atom. The molecule has 0 saturated carbocycles. The molecule has 0 radical (unpaired) electrons. The van der Waals surface area contributed by atoms with Crippen molar-refractivity contribution in [1.82, 2.24) is 14.8 Å². The van der Waals surface area contributed by atoms with Gasteiger partial charge in [-0.05, 0) is 38.7 Å². The first-order valence-corrected chi connectivity index (χ1v) is 8.10. The van der Waals surface area contributed by atoms with Crippen LogP contribution < -0.4 is 0 Å². The first-order valence-electron chi connectivity index (χ1n) is 8.10. The molecule has 1 aliphatic rings. The molecule has 5 heteroatoms. The van der Waals surface area contributed by atoms with E-state index in [4.69, 9.17) is 0 Å². The van der Waals surface area contributed by atoms with Crippen molar-refractivity contribution in [3.05, 3.63) is 29.6 Å². The highest BCUT2D eigenvalue weighted by molar-refractivity contribution is 5.99. The van der Waals surface area contributed by atoms with E-state index in [0.717, 1.165) is 25.9 Å². The number of carbonyl (C=O) groups is 2. The van der Waals surface area contributed by atoms with E-state index in [-0.39, 0.29) is 11.8 Å². The highest BCUT2D eigenvalue weighted by atomic mass is 16.2. The molecule has 2 amide bonds. The maximum atomic E-state index is 12.6. The van der Waals surface area contributed by atoms with E-state index >= 15 is 0 Å². The predicted molar refractivity (Wildman–Crippen MR) is 85.8 cm³/mol. The second-order valence-corrected chi connectivity index (χ2v) is 5.91. The van der Waals surface area contributed by atoms with Crippen molar-refractivity contribution in [1.29, 1.82) is 0 Å². The minimum Gasteiger partial charge on any atom is -0.339 e. The SMILES string of the molecule is CCN(CC)C(=O)c1cncc(C(=O)N2CCC(C)CC2)c1. The fourth-order valence-electron chi connectivity index (χ4n) is 2.76. The van der Waals surface area contributed by atoms with Crippen LogP contribution in [0.15, 0.2) is 18.5 Å². The molecule has 0 unspecified atom stereocenters. The van der Waals surface area contributed by atoms with Crippen LogP contribution in [0.5, 0.6) is 0 Å². The minimum atomic E-state index is -0.0700. The average molecular weight is 303 g/mol. The number of hydrogen-bond donors (Lipinski definition) is 0. The smallest absolute Gasteiger partial charge is 0.255 e. The molecule has 2 rings (SSSR count). The lowest BCUT2D eigenvalue weighted by Gasteiger charge is -2.30. The van der Waals surface area contributed by atoms with Crippen molar-refractivity contribution >= 4 is 11.8 Å². The van der Waals surface area contributed by atoms with Crippen LogP contribution in [0.4, 0.5) is 0 Å². The van der Waals surface area contributed by atoms with E-state index in [1.807, 2.05) is 18.7 Å². The van der Waals surface area contributed by atoms with Gasteiger partial charge in [0, 0.05) is 38.6 Å². The molecule has 0 atom stereocenters. The van der Waals surface area contributed by atoms with Gasteiger partial charge in [-0.1, -0.05) is 6.92 Å². The molecule has 1 aromatic rings. The number of carbonyl (C=O) groups excluding carboxylic acids is 2.